The van der Waals surface area contributed by atoms with E-state index in [1.165, 1.54) is 0 Å². The topological polar surface area (TPSA) is 75.6 Å². The zero-order chi connectivity index (χ0) is 13.8. The van der Waals surface area contributed by atoms with Crippen molar-refractivity contribution in [1.82, 2.24) is 19.4 Å². The zero-order valence-corrected chi connectivity index (χ0v) is 11.8. The van der Waals surface area contributed by atoms with Crippen LogP contribution in [-0.2, 0) is 4.74 Å². The molecule has 104 valence electrons. The third-order valence-corrected chi connectivity index (χ3v) is 3.75. The highest BCUT2D eigenvalue weighted by Crippen LogP contribution is 2.14. The van der Waals surface area contributed by atoms with E-state index in [4.69, 9.17) is 4.74 Å². The van der Waals surface area contributed by atoms with E-state index in [0.717, 1.165) is 11.5 Å². The van der Waals surface area contributed by atoms with Gasteiger partial charge in [-0.05, 0) is 25.4 Å². The average molecular weight is 284 g/mol. The molecule has 1 aliphatic heterocycles. The van der Waals surface area contributed by atoms with Gasteiger partial charge >= 0.3 is 6.09 Å². The molecule has 1 aromatic rings. The first kappa shape index (κ1) is 13.7. The van der Waals surface area contributed by atoms with Gasteiger partial charge in [-0.2, -0.15) is 0 Å². The van der Waals surface area contributed by atoms with E-state index in [1.807, 2.05) is 0 Å². The van der Waals surface area contributed by atoms with Crippen LogP contribution in [0, 0.1) is 6.92 Å². The molecule has 1 saturated heterocycles. The Balaban J connectivity index is 1.92. The Hall–Kier alpha value is -1.70. The molecule has 2 rings (SSSR count). The zero-order valence-electron chi connectivity index (χ0n) is 11.0. The number of amides is 2. The second-order valence-corrected chi connectivity index (χ2v) is 4.92. The van der Waals surface area contributed by atoms with E-state index in [0.29, 0.717) is 43.4 Å². The van der Waals surface area contributed by atoms with Crippen LogP contribution in [-0.4, -0.2) is 64.2 Å². The SMILES string of the molecule is CCOC(=O)N1CCN(C(=O)c2snnc2C)CC1. The fourth-order valence-corrected chi connectivity index (χ4v) is 2.50. The Morgan fingerprint density at radius 3 is 2.42 bits per heavy atom. The summed E-state index contributed by atoms with van der Waals surface area (Å²) in [5.74, 6) is -0.0593. The van der Waals surface area contributed by atoms with Gasteiger partial charge < -0.3 is 14.5 Å². The van der Waals surface area contributed by atoms with Gasteiger partial charge in [0.15, 0.2) is 0 Å². The average Bonchev–Trinajstić information content (AvgIpc) is 2.84. The molecule has 2 amide bonds. The van der Waals surface area contributed by atoms with Crippen LogP contribution in [0.4, 0.5) is 4.79 Å². The number of nitrogens with zero attached hydrogens (tertiary/aromatic N) is 4. The number of aromatic nitrogens is 2. The minimum atomic E-state index is -0.315. The summed E-state index contributed by atoms with van der Waals surface area (Å²) in [5.41, 5.74) is 0.655. The monoisotopic (exact) mass is 284 g/mol. The molecule has 0 N–H and O–H groups in total. The number of hydrogen-bond acceptors (Lipinski definition) is 6. The lowest BCUT2D eigenvalue weighted by Crippen LogP contribution is -2.50. The summed E-state index contributed by atoms with van der Waals surface area (Å²) in [4.78, 5) is 27.7. The second kappa shape index (κ2) is 5.96. The molecule has 0 saturated carbocycles. The van der Waals surface area contributed by atoms with E-state index in [2.05, 4.69) is 9.59 Å². The first-order valence-corrected chi connectivity index (χ1v) is 6.90. The van der Waals surface area contributed by atoms with Crippen LogP contribution in [0.3, 0.4) is 0 Å². The minimum Gasteiger partial charge on any atom is -0.450 e. The molecular weight excluding hydrogens is 268 g/mol. The standard InChI is InChI=1S/C11H16N4O3S/c1-3-18-11(17)15-6-4-14(5-7-15)10(16)9-8(2)12-13-19-9/h3-7H2,1-2H3. The van der Waals surface area contributed by atoms with Gasteiger partial charge in [-0.1, -0.05) is 4.49 Å². The summed E-state index contributed by atoms with van der Waals surface area (Å²) < 4.78 is 8.70. The Kier molecular flexibility index (Phi) is 4.31. The van der Waals surface area contributed by atoms with E-state index in [9.17, 15) is 9.59 Å². The van der Waals surface area contributed by atoms with Crippen molar-refractivity contribution in [3.63, 3.8) is 0 Å². The molecule has 0 unspecified atom stereocenters. The number of piperazine rings is 1. The van der Waals surface area contributed by atoms with E-state index >= 15 is 0 Å². The fraction of sp³-hybridized carbons (Fsp3) is 0.636. The molecule has 7 nitrogen and oxygen atoms in total. The number of carbonyl (C=O) groups excluding carboxylic acids is 2. The van der Waals surface area contributed by atoms with Gasteiger partial charge in [0, 0.05) is 26.2 Å². The van der Waals surface area contributed by atoms with Crippen molar-refractivity contribution >= 4 is 23.5 Å². The summed E-state index contributed by atoms with van der Waals surface area (Å²) in [6, 6.07) is 0. The molecule has 2 heterocycles. The first-order valence-electron chi connectivity index (χ1n) is 6.13. The van der Waals surface area contributed by atoms with Crippen LogP contribution in [0.15, 0.2) is 0 Å². The Morgan fingerprint density at radius 1 is 1.26 bits per heavy atom. The number of rotatable bonds is 2. The van der Waals surface area contributed by atoms with Gasteiger partial charge in [0.05, 0.1) is 12.3 Å². The van der Waals surface area contributed by atoms with Gasteiger partial charge in [-0.3, -0.25) is 4.79 Å². The normalized spacial score (nSPS) is 15.5. The Bertz CT molecular complexity index is 468. The molecule has 1 aromatic heterocycles. The van der Waals surface area contributed by atoms with Gasteiger partial charge in [-0.15, -0.1) is 5.10 Å². The third-order valence-electron chi connectivity index (χ3n) is 2.94. The fourth-order valence-electron chi connectivity index (χ4n) is 1.88. The second-order valence-electron chi connectivity index (χ2n) is 4.17. The quantitative estimate of drug-likeness (QED) is 0.801. The Labute approximate surface area is 115 Å². The van der Waals surface area contributed by atoms with Crippen molar-refractivity contribution in [2.75, 3.05) is 32.8 Å². The van der Waals surface area contributed by atoms with Crippen LogP contribution < -0.4 is 0 Å². The third kappa shape index (κ3) is 3.01. The molecule has 19 heavy (non-hydrogen) atoms. The molecule has 8 heteroatoms. The minimum absolute atomic E-state index is 0.0593. The van der Waals surface area contributed by atoms with Crippen molar-refractivity contribution in [2.45, 2.75) is 13.8 Å². The summed E-state index contributed by atoms with van der Waals surface area (Å²) in [5, 5.41) is 3.84. The summed E-state index contributed by atoms with van der Waals surface area (Å²) in [7, 11) is 0. The van der Waals surface area contributed by atoms with Gasteiger partial charge in [0.25, 0.3) is 5.91 Å². The highest BCUT2D eigenvalue weighted by atomic mass is 32.1. The molecule has 0 bridgehead atoms. The largest absolute Gasteiger partial charge is 0.450 e. The van der Waals surface area contributed by atoms with Crippen LogP contribution >= 0.6 is 11.5 Å². The van der Waals surface area contributed by atoms with Crippen LogP contribution in [0.1, 0.15) is 22.3 Å². The molecule has 0 aromatic carbocycles. The molecule has 1 fully saturated rings. The van der Waals surface area contributed by atoms with Crippen LogP contribution in [0.2, 0.25) is 0 Å². The molecule has 0 aliphatic carbocycles. The lowest BCUT2D eigenvalue weighted by molar-refractivity contribution is 0.0573. The highest BCUT2D eigenvalue weighted by Gasteiger charge is 2.27. The Morgan fingerprint density at radius 2 is 1.89 bits per heavy atom. The smallest absolute Gasteiger partial charge is 0.409 e. The van der Waals surface area contributed by atoms with E-state index < -0.39 is 0 Å². The lowest BCUT2D eigenvalue weighted by atomic mass is 10.3. The predicted octanol–water partition coefficient (Wildman–Crippen LogP) is 0.761. The van der Waals surface area contributed by atoms with E-state index in [1.54, 1.807) is 23.6 Å². The number of hydrogen-bond donors (Lipinski definition) is 0. The van der Waals surface area contributed by atoms with Crippen molar-refractivity contribution in [2.24, 2.45) is 0 Å². The first-order chi connectivity index (χ1) is 9.13. The van der Waals surface area contributed by atoms with Gasteiger partial charge in [-0.25, -0.2) is 4.79 Å². The van der Waals surface area contributed by atoms with Crippen LogP contribution in [0.25, 0.3) is 0 Å². The summed E-state index contributed by atoms with van der Waals surface area (Å²) >= 11 is 1.11. The number of ether oxygens (including phenoxy) is 1. The summed E-state index contributed by atoms with van der Waals surface area (Å²) in [6.45, 7) is 5.92. The number of carbonyl (C=O) groups is 2. The maximum atomic E-state index is 12.2. The maximum absolute atomic E-state index is 12.2. The number of aryl methyl sites for hydroxylation is 1. The van der Waals surface area contributed by atoms with Gasteiger partial charge in [0.2, 0.25) is 0 Å². The van der Waals surface area contributed by atoms with Crippen molar-refractivity contribution in [3.05, 3.63) is 10.6 Å². The molecular formula is C11H16N4O3S. The van der Waals surface area contributed by atoms with Crippen molar-refractivity contribution in [1.29, 1.82) is 0 Å². The van der Waals surface area contributed by atoms with E-state index in [-0.39, 0.29) is 12.0 Å². The summed E-state index contributed by atoms with van der Waals surface area (Å²) in [6.07, 6.45) is -0.315. The van der Waals surface area contributed by atoms with Gasteiger partial charge in [0.1, 0.15) is 4.88 Å². The predicted molar refractivity (Wildman–Crippen MR) is 69.1 cm³/mol. The maximum Gasteiger partial charge on any atom is 0.409 e. The lowest BCUT2D eigenvalue weighted by Gasteiger charge is -2.33. The van der Waals surface area contributed by atoms with Crippen LogP contribution in [0.5, 0.6) is 0 Å². The molecule has 1 aliphatic rings. The van der Waals surface area contributed by atoms with Crippen molar-refractivity contribution in [3.8, 4) is 0 Å². The molecule has 0 radical (unpaired) electrons. The molecule has 0 atom stereocenters. The molecule has 0 spiro atoms. The highest BCUT2D eigenvalue weighted by molar-refractivity contribution is 7.07. The van der Waals surface area contributed by atoms with Crippen molar-refractivity contribution < 1.29 is 14.3 Å².